The number of ether oxygens (including phenoxy) is 1. The van der Waals surface area contributed by atoms with Gasteiger partial charge < -0.3 is 14.1 Å². The smallest absolute Gasteiger partial charge is 0.311 e. The van der Waals surface area contributed by atoms with Crippen molar-refractivity contribution in [2.75, 3.05) is 20.2 Å². The van der Waals surface area contributed by atoms with Crippen molar-refractivity contribution in [1.29, 1.82) is 0 Å². The van der Waals surface area contributed by atoms with Gasteiger partial charge in [-0.25, -0.2) is 0 Å². The summed E-state index contributed by atoms with van der Waals surface area (Å²) in [5.74, 6) is 0.769. The number of rotatable bonds is 3. The highest BCUT2D eigenvalue weighted by molar-refractivity contribution is 5.90. The Morgan fingerprint density at radius 3 is 2.75 bits per heavy atom. The van der Waals surface area contributed by atoms with E-state index >= 15 is 0 Å². The average Bonchev–Trinajstić information content (AvgIpc) is 3.18. The lowest BCUT2D eigenvalue weighted by Gasteiger charge is -2.11. The Hall–Kier alpha value is -2.37. The molecule has 6 heteroatoms. The molecule has 0 saturated carbocycles. The summed E-state index contributed by atoms with van der Waals surface area (Å²) in [6, 6.07) is 7.33. The van der Waals surface area contributed by atoms with Crippen LogP contribution in [0.3, 0.4) is 0 Å². The van der Waals surface area contributed by atoms with E-state index in [1.54, 1.807) is 12.0 Å². The standard InChI is InChI=1S/C14H15N3O3/c1-19-11-7-3-2-6-10(11)12-15-16-13(20-12)14(18)17-8-4-5-9-17/h2-3,6-7H,4-5,8-9H2,1H3. The molecule has 1 aliphatic heterocycles. The van der Waals surface area contributed by atoms with Crippen LogP contribution in [0.4, 0.5) is 0 Å². The van der Waals surface area contributed by atoms with Crippen molar-refractivity contribution in [3.8, 4) is 17.2 Å². The number of methoxy groups -OCH3 is 1. The predicted molar refractivity (Wildman–Crippen MR) is 71.4 cm³/mol. The van der Waals surface area contributed by atoms with Crippen LogP contribution in [0.1, 0.15) is 23.5 Å². The Labute approximate surface area is 116 Å². The van der Waals surface area contributed by atoms with Gasteiger partial charge in [-0.2, -0.15) is 0 Å². The molecule has 0 aliphatic carbocycles. The van der Waals surface area contributed by atoms with Crippen LogP contribution in [-0.4, -0.2) is 41.2 Å². The third-order valence-corrected chi connectivity index (χ3v) is 3.34. The highest BCUT2D eigenvalue weighted by atomic mass is 16.5. The van der Waals surface area contributed by atoms with Gasteiger partial charge in [0.25, 0.3) is 5.89 Å². The first-order valence-electron chi connectivity index (χ1n) is 6.56. The van der Waals surface area contributed by atoms with E-state index in [0.717, 1.165) is 25.9 Å². The lowest BCUT2D eigenvalue weighted by atomic mass is 10.2. The number of aromatic nitrogens is 2. The lowest BCUT2D eigenvalue weighted by Crippen LogP contribution is -2.27. The van der Waals surface area contributed by atoms with E-state index in [1.807, 2.05) is 24.3 Å². The number of likely N-dealkylation sites (tertiary alicyclic amines) is 1. The zero-order chi connectivity index (χ0) is 13.9. The lowest BCUT2D eigenvalue weighted by molar-refractivity contribution is 0.0754. The molecule has 2 aromatic rings. The van der Waals surface area contributed by atoms with E-state index in [4.69, 9.17) is 9.15 Å². The monoisotopic (exact) mass is 273 g/mol. The molecule has 0 radical (unpaired) electrons. The number of hydrogen-bond acceptors (Lipinski definition) is 5. The van der Waals surface area contributed by atoms with Gasteiger partial charge in [0.05, 0.1) is 12.7 Å². The van der Waals surface area contributed by atoms with E-state index in [9.17, 15) is 4.79 Å². The first-order chi connectivity index (χ1) is 9.79. The minimum absolute atomic E-state index is 0.0350. The minimum atomic E-state index is -0.198. The average molecular weight is 273 g/mol. The van der Waals surface area contributed by atoms with Crippen molar-refractivity contribution >= 4 is 5.91 Å². The van der Waals surface area contributed by atoms with Crippen LogP contribution >= 0.6 is 0 Å². The van der Waals surface area contributed by atoms with Crippen molar-refractivity contribution in [3.05, 3.63) is 30.2 Å². The zero-order valence-electron chi connectivity index (χ0n) is 11.2. The topological polar surface area (TPSA) is 68.5 Å². The van der Waals surface area contributed by atoms with Gasteiger partial charge in [-0.1, -0.05) is 12.1 Å². The van der Waals surface area contributed by atoms with Gasteiger partial charge in [-0.3, -0.25) is 4.79 Å². The summed E-state index contributed by atoms with van der Waals surface area (Å²) in [5, 5.41) is 7.79. The molecule has 2 heterocycles. The van der Waals surface area contributed by atoms with Crippen LogP contribution in [0.25, 0.3) is 11.5 Å². The SMILES string of the molecule is COc1ccccc1-c1nnc(C(=O)N2CCCC2)o1. The van der Waals surface area contributed by atoms with Crippen LogP contribution in [0, 0.1) is 0 Å². The maximum Gasteiger partial charge on any atom is 0.311 e. The van der Waals surface area contributed by atoms with Gasteiger partial charge in [0.2, 0.25) is 0 Å². The fourth-order valence-electron chi connectivity index (χ4n) is 2.30. The molecule has 0 unspecified atom stereocenters. The molecule has 0 N–H and O–H groups in total. The second kappa shape index (κ2) is 5.32. The second-order valence-corrected chi connectivity index (χ2v) is 4.61. The van der Waals surface area contributed by atoms with Crippen molar-refractivity contribution in [1.82, 2.24) is 15.1 Å². The number of amides is 1. The Bertz CT molecular complexity index is 618. The van der Waals surface area contributed by atoms with Crippen LogP contribution in [0.2, 0.25) is 0 Å². The molecule has 0 spiro atoms. The predicted octanol–water partition coefficient (Wildman–Crippen LogP) is 1.98. The molecular weight excluding hydrogens is 258 g/mol. The second-order valence-electron chi connectivity index (χ2n) is 4.61. The molecule has 1 amide bonds. The molecule has 6 nitrogen and oxygen atoms in total. The Morgan fingerprint density at radius 1 is 1.25 bits per heavy atom. The molecule has 1 saturated heterocycles. The normalized spacial score (nSPS) is 14.6. The number of carbonyl (C=O) groups excluding carboxylic acids is 1. The summed E-state index contributed by atoms with van der Waals surface area (Å²) in [6.07, 6.45) is 2.05. The van der Waals surface area contributed by atoms with Gasteiger partial charge in [0.15, 0.2) is 0 Å². The molecule has 1 aromatic carbocycles. The molecule has 20 heavy (non-hydrogen) atoms. The van der Waals surface area contributed by atoms with Gasteiger partial charge in [-0.15, -0.1) is 10.2 Å². The van der Waals surface area contributed by atoms with E-state index in [1.165, 1.54) is 0 Å². The van der Waals surface area contributed by atoms with Gasteiger partial charge in [-0.05, 0) is 25.0 Å². The zero-order valence-corrected chi connectivity index (χ0v) is 11.2. The minimum Gasteiger partial charge on any atom is -0.496 e. The van der Waals surface area contributed by atoms with Crippen LogP contribution in [0.15, 0.2) is 28.7 Å². The third kappa shape index (κ3) is 2.24. The van der Waals surface area contributed by atoms with Gasteiger partial charge in [0.1, 0.15) is 5.75 Å². The molecule has 1 aliphatic rings. The van der Waals surface area contributed by atoms with E-state index in [0.29, 0.717) is 17.2 Å². The van der Waals surface area contributed by atoms with Gasteiger partial charge in [0, 0.05) is 13.1 Å². The van der Waals surface area contributed by atoms with Crippen LogP contribution < -0.4 is 4.74 Å². The number of nitrogens with zero attached hydrogens (tertiary/aromatic N) is 3. The fourth-order valence-corrected chi connectivity index (χ4v) is 2.30. The highest BCUT2D eigenvalue weighted by Gasteiger charge is 2.25. The van der Waals surface area contributed by atoms with Crippen LogP contribution in [0.5, 0.6) is 5.75 Å². The Morgan fingerprint density at radius 2 is 2.00 bits per heavy atom. The summed E-state index contributed by atoms with van der Waals surface area (Å²) in [7, 11) is 1.57. The quantitative estimate of drug-likeness (QED) is 0.855. The summed E-state index contributed by atoms with van der Waals surface area (Å²) < 4.78 is 10.7. The first kappa shape index (κ1) is 12.7. The van der Waals surface area contributed by atoms with Crippen molar-refractivity contribution < 1.29 is 13.9 Å². The van der Waals surface area contributed by atoms with Crippen LogP contribution in [-0.2, 0) is 0 Å². The third-order valence-electron chi connectivity index (χ3n) is 3.34. The maximum atomic E-state index is 12.1. The molecular formula is C14H15N3O3. The number of benzene rings is 1. The van der Waals surface area contributed by atoms with Crippen molar-refractivity contribution in [3.63, 3.8) is 0 Å². The van der Waals surface area contributed by atoms with E-state index < -0.39 is 0 Å². The fraction of sp³-hybridized carbons (Fsp3) is 0.357. The summed E-state index contributed by atoms with van der Waals surface area (Å²) in [6.45, 7) is 1.51. The van der Waals surface area contributed by atoms with E-state index in [-0.39, 0.29) is 11.8 Å². The molecule has 1 aromatic heterocycles. The molecule has 0 bridgehead atoms. The van der Waals surface area contributed by atoms with Crippen molar-refractivity contribution in [2.24, 2.45) is 0 Å². The van der Waals surface area contributed by atoms with E-state index in [2.05, 4.69) is 10.2 Å². The Balaban J connectivity index is 1.88. The molecule has 3 rings (SSSR count). The largest absolute Gasteiger partial charge is 0.496 e. The molecule has 1 fully saturated rings. The molecule has 0 atom stereocenters. The van der Waals surface area contributed by atoms with Gasteiger partial charge >= 0.3 is 11.8 Å². The summed E-state index contributed by atoms with van der Waals surface area (Å²) in [4.78, 5) is 13.9. The molecule has 104 valence electrons. The summed E-state index contributed by atoms with van der Waals surface area (Å²) >= 11 is 0. The summed E-state index contributed by atoms with van der Waals surface area (Å²) in [5.41, 5.74) is 0.683. The highest BCUT2D eigenvalue weighted by Crippen LogP contribution is 2.28. The first-order valence-corrected chi connectivity index (χ1v) is 6.56. The number of para-hydroxylation sites is 1. The maximum absolute atomic E-state index is 12.1. The number of carbonyl (C=O) groups is 1. The number of hydrogen-bond donors (Lipinski definition) is 0. The van der Waals surface area contributed by atoms with Crippen molar-refractivity contribution in [2.45, 2.75) is 12.8 Å². The Kier molecular flexibility index (Phi) is 3.37.